The van der Waals surface area contributed by atoms with Crippen LogP contribution in [0.1, 0.15) is 23.0 Å². The number of aryl methyl sites for hydroxylation is 2. The van der Waals surface area contributed by atoms with Gasteiger partial charge in [0.05, 0.1) is 15.9 Å². The van der Waals surface area contributed by atoms with Gasteiger partial charge in [-0.3, -0.25) is 0 Å². The third-order valence-electron chi connectivity index (χ3n) is 4.19. The molecule has 116 valence electrons. The van der Waals surface area contributed by atoms with Gasteiger partial charge in [-0.15, -0.1) is 0 Å². The summed E-state index contributed by atoms with van der Waals surface area (Å²) < 4.78 is 16.0. The number of nitrogens with one attached hydrogen (secondary N) is 1. The molecule has 1 aliphatic heterocycles. The van der Waals surface area contributed by atoms with Crippen molar-refractivity contribution in [2.45, 2.75) is 20.0 Å². The zero-order valence-electron chi connectivity index (χ0n) is 12.8. The summed E-state index contributed by atoms with van der Waals surface area (Å²) in [6.07, 6.45) is -0.163. The summed E-state index contributed by atoms with van der Waals surface area (Å²) >= 11 is 3.27. The van der Waals surface area contributed by atoms with Crippen LogP contribution < -0.4 is 5.32 Å². The molecule has 1 aromatic heterocycles. The van der Waals surface area contributed by atoms with Gasteiger partial charge in [0.1, 0.15) is 12.0 Å². The highest BCUT2D eigenvalue weighted by Crippen LogP contribution is 2.40. The third-order valence-corrected chi connectivity index (χ3v) is 4.80. The van der Waals surface area contributed by atoms with Crippen molar-refractivity contribution in [3.63, 3.8) is 0 Å². The molecule has 2 aromatic carbocycles. The van der Waals surface area contributed by atoms with Gasteiger partial charge in [-0.1, -0.05) is 24.3 Å². The smallest absolute Gasteiger partial charge is 0.147 e. The van der Waals surface area contributed by atoms with E-state index < -0.39 is 0 Å². The summed E-state index contributed by atoms with van der Waals surface area (Å²) in [6, 6.07) is 13.4. The van der Waals surface area contributed by atoms with Crippen LogP contribution in [0.2, 0.25) is 0 Å². The zero-order chi connectivity index (χ0) is 16.1. The molecule has 0 saturated heterocycles. The number of para-hydroxylation sites is 1. The average molecular weight is 372 g/mol. The molecule has 0 fully saturated rings. The molecule has 1 atom stereocenters. The van der Waals surface area contributed by atoms with Crippen molar-refractivity contribution in [1.82, 2.24) is 9.78 Å². The first-order chi connectivity index (χ1) is 11.0. The second kappa shape index (κ2) is 5.20. The second-order valence-corrected chi connectivity index (χ2v) is 6.69. The Bertz CT molecular complexity index is 917. The minimum atomic E-state index is -0.266. The minimum absolute atomic E-state index is 0.163. The predicted molar refractivity (Wildman–Crippen MR) is 93.0 cm³/mol. The molecule has 23 heavy (non-hydrogen) atoms. The summed E-state index contributed by atoms with van der Waals surface area (Å²) in [7, 11) is 0. The van der Waals surface area contributed by atoms with Crippen molar-refractivity contribution < 1.29 is 4.39 Å². The van der Waals surface area contributed by atoms with Crippen molar-refractivity contribution in [3.8, 4) is 11.3 Å². The second-order valence-electron chi connectivity index (χ2n) is 5.83. The van der Waals surface area contributed by atoms with Crippen molar-refractivity contribution in [3.05, 3.63) is 69.6 Å². The molecule has 2 heterocycles. The van der Waals surface area contributed by atoms with Crippen LogP contribution in [0.15, 0.2) is 46.9 Å². The Labute approximate surface area is 142 Å². The first-order valence-corrected chi connectivity index (χ1v) is 8.21. The summed E-state index contributed by atoms with van der Waals surface area (Å²) in [4.78, 5) is 0. The van der Waals surface area contributed by atoms with Crippen LogP contribution in [-0.2, 0) is 0 Å². The summed E-state index contributed by atoms with van der Waals surface area (Å²) in [5.74, 6) is -0.266. The molecule has 1 N–H and O–H groups in total. The van der Waals surface area contributed by atoms with Gasteiger partial charge in [0, 0.05) is 11.3 Å². The molecule has 1 aliphatic rings. The highest BCUT2D eigenvalue weighted by molar-refractivity contribution is 9.10. The predicted octanol–water partition coefficient (Wildman–Crippen LogP) is 5.04. The summed E-state index contributed by atoms with van der Waals surface area (Å²) in [5, 5.41) is 8.19. The third kappa shape index (κ3) is 2.27. The van der Waals surface area contributed by atoms with Gasteiger partial charge >= 0.3 is 0 Å². The van der Waals surface area contributed by atoms with Crippen LogP contribution in [-0.4, -0.2) is 9.78 Å². The Kier molecular flexibility index (Phi) is 3.27. The normalized spacial score (nSPS) is 15.7. The van der Waals surface area contributed by atoms with E-state index in [0.717, 1.165) is 28.2 Å². The van der Waals surface area contributed by atoms with E-state index in [2.05, 4.69) is 57.5 Å². The van der Waals surface area contributed by atoms with Gasteiger partial charge < -0.3 is 5.32 Å². The molecule has 3 nitrogen and oxygen atoms in total. The Morgan fingerprint density at radius 1 is 1.17 bits per heavy atom. The SMILES string of the molecule is Cc1cc2n(n1)C(c1ccc(F)c(Br)c1)Nc1c(C)cccc1-2. The largest absolute Gasteiger partial charge is 0.359 e. The van der Waals surface area contributed by atoms with E-state index in [1.807, 2.05) is 11.6 Å². The lowest BCUT2D eigenvalue weighted by Crippen LogP contribution is -2.26. The molecule has 0 spiro atoms. The fourth-order valence-corrected chi connectivity index (χ4v) is 3.49. The van der Waals surface area contributed by atoms with Crippen LogP contribution in [0.3, 0.4) is 0 Å². The lowest BCUT2D eigenvalue weighted by Gasteiger charge is -2.30. The average Bonchev–Trinajstić information content (AvgIpc) is 2.91. The summed E-state index contributed by atoms with van der Waals surface area (Å²) in [6.45, 7) is 4.07. The molecule has 0 saturated carbocycles. The summed E-state index contributed by atoms with van der Waals surface area (Å²) in [5.41, 5.74) is 6.41. The lowest BCUT2D eigenvalue weighted by atomic mass is 10.0. The number of hydrogen-bond acceptors (Lipinski definition) is 2. The van der Waals surface area contributed by atoms with Gasteiger partial charge in [-0.2, -0.15) is 5.10 Å². The van der Waals surface area contributed by atoms with E-state index in [1.165, 1.54) is 11.6 Å². The highest BCUT2D eigenvalue weighted by atomic mass is 79.9. The van der Waals surface area contributed by atoms with E-state index in [0.29, 0.717) is 4.47 Å². The molecule has 0 bridgehead atoms. The maximum absolute atomic E-state index is 13.6. The van der Waals surface area contributed by atoms with Crippen LogP contribution in [0.5, 0.6) is 0 Å². The van der Waals surface area contributed by atoms with Gasteiger partial charge in [-0.05, 0) is 59.1 Å². The van der Waals surface area contributed by atoms with Crippen LogP contribution >= 0.6 is 15.9 Å². The fraction of sp³-hybridized carbons (Fsp3) is 0.167. The molecular weight excluding hydrogens is 357 g/mol. The molecule has 1 unspecified atom stereocenters. The maximum atomic E-state index is 13.6. The molecule has 5 heteroatoms. The minimum Gasteiger partial charge on any atom is -0.359 e. The number of nitrogens with zero attached hydrogens (tertiary/aromatic N) is 2. The van der Waals surface area contributed by atoms with Gasteiger partial charge in [0.15, 0.2) is 0 Å². The molecular formula is C18H15BrFN3. The number of benzene rings is 2. The van der Waals surface area contributed by atoms with Crippen molar-refractivity contribution >= 4 is 21.6 Å². The first kappa shape index (κ1) is 14.5. The molecule has 0 amide bonds. The van der Waals surface area contributed by atoms with Crippen LogP contribution in [0.25, 0.3) is 11.3 Å². The number of hydrogen-bond donors (Lipinski definition) is 1. The molecule has 0 radical (unpaired) electrons. The van der Waals surface area contributed by atoms with Crippen molar-refractivity contribution in [2.24, 2.45) is 0 Å². The van der Waals surface area contributed by atoms with E-state index in [-0.39, 0.29) is 12.0 Å². The van der Waals surface area contributed by atoms with E-state index in [4.69, 9.17) is 0 Å². The quantitative estimate of drug-likeness (QED) is 0.649. The van der Waals surface area contributed by atoms with E-state index in [9.17, 15) is 4.39 Å². The fourth-order valence-electron chi connectivity index (χ4n) is 3.09. The number of rotatable bonds is 1. The van der Waals surface area contributed by atoms with Crippen molar-refractivity contribution in [2.75, 3.05) is 5.32 Å². The molecule has 0 aliphatic carbocycles. The maximum Gasteiger partial charge on any atom is 0.147 e. The number of anilines is 1. The Morgan fingerprint density at radius 2 is 2.00 bits per heavy atom. The highest BCUT2D eigenvalue weighted by Gasteiger charge is 2.27. The van der Waals surface area contributed by atoms with Gasteiger partial charge in [0.2, 0.25) is 0 Å². The van der Waals surface area contributed by atoms with Crippen LogP contribution in [0.4, 0.5) is 10.1 Å². The van der Waals surface area contributed by atoms with Crippen molar-refractivity contribution in [1.29, 1.82) is 0 Å². The first-order valence-electron chi connectivity index (χ1n) is 7.42. The Hall–Kier alpha value is -2.14. The number of halogens is 2. The monoisotopic (exact) mass is 371 g/mol. The molecule has 3 aromatic rings. The standard InChI is InChI=1S/C18H15BrFN3/c1-10-4-3-5-13-16-8-11(2)22-23(16)18(21-17(10)13)12-6-7-15(20)14(19)9-12/h3-9,18,21H,1-2H3. The van der Waals surface area contributed by atoms with Crippen LogP contribution in [0, 0.1) is 19.7 Å². The number of aromatic nitrogens is 2. The Morgan fingerprint density at radius 3 is 2.78 bits per heavy atom. The van der Waals surface area contributed by atoms with Gasteiger partial charge in [-0.25, -0.2) is 9.07 Å². The topological polar surface area (TPSA) is 29.9 Å². The molecule has 4 rings (SSSR count). The Balaban J connectivity index is 1.93. The number of fused-ring (bicyclic) bond motifs is 3. The van der Waals surface area contributed by atoms with E-state index >= 15 is 0 Å². The van der Waals surface area contributed by atoms with E-state index in [1.54, 1.807) is 12.1 Å². The van der Waals surface area contributed by atoms with Gasteiger partial charge in [0.25, 0.3) is 0 Å². The zero-order valence-corrected chi connectivity index (χ0v) is 14.4. The lowest BCUT2D eigenvalue weighted by molar-refractivity contribution is 0.566.